The van der Waals surface area contributed by atoms with Gasteiger partial charge in [-0.25, -0.2) is 0 Å². The summed E-state index contributed by atoms with van der Waals surface area (Å²) in [4.78, 5) is 4.03. The second kappa shape index (κ2) is 4.12. The normalized spacial score (nSPS) is 29.6. The number of unbranched alkanes of at least 4 members (excludes halogenated alkanes) is 2. The van der Waals surface area contributed by atoms with Crippen molar-refractivity contribution in [2.24, 2.45) is 4.99 Å². The van der Waals surface area contributed by atoms with E-state index < -0.39 is 5.06 Å². The van der Waals surface area contributed by atoms with Gasteiger partial charge in [-0.05, 0) is 6.42 Å². The van der Waals surface area contributed by atoms with Crippen molar-refractivity contribution in [2.45, 2.75) is 37.7 Å². The lowest BCUT2D eigenvalue weighted by atomic mass is 10.2. The van der Waals surface area contributed by atoms with E-state index in [0.29, 0.717) is 0 Å². The number of thioether (sulfide) groups is 1. The number of hydrogen-bond acceptors (Lipinski definition) is 3. The highest BCUT2D eigenvalue weighted by Crippen LogP contribution is 2.32. The Hall–Kier alpha value is -0.0200. The monoisotopic (exact) mass is 173 g/mol. The zero-order chi connectivity index (χ0) is 8.16. The maximum atomic E-state index is 9.68. The molecule has 1 rings (SSSR count). The zero-order valence-corrected chi connectivity index (χ0v) is 7.73. The van der Waals surface area contributed by atoms with E-state index >= 15 is 0 Å². The van der Waals surface area contributed by atoms with E-state index in [4.69, 9.17) is 0 Å². The second-order valence-corrected chi connectivity index (χ2v) is 4.10. The van der Waals surface area contributed by atoms with Crippen molar-refractivity contribution in [3.05, 3.63) is 0 Å². The van der Waals surface area contributed by atoms with Crippen molar-refractivity contribution in [2.75, 3.05) is 5.75 Å². The van der Waals surface area contributed by atoms with Crippen LogP contribution < -0.4 is 0 Å². The first-order valence-electron chi connectivity index (χ1n) is 4.17. The van der Waals surface area contributed by atoms with Gasteiger partial charge in [-0.2, -0.15) is 0 Å². The highest BCUT2D eigenvalue weighted by atomic mass is 32.2. The molecule has 0 aromatic heterocycles. The van der Waals surface area contributed by atoms with Crippen LogP contribution in [0.2, 0.25) is 0 Å². The van der Waals surface area contributed by atoms with Crippen LogP contribution in [0.3, 0.4) is 0 Å². The minimum absolute atomic E-state index is 0.769. The van der Waals surface area contributed by atoms with Gasteiger partial charge >= 0.3 is 0 Å². The molecule has 1 unspecified atom stereocenters. The Morgan fingerprint density at radius 2 is 2.45 bits per heavy atom. The summed E-state index contributed by atoms with van der Waals surface area (Å²) in [5.41, 5.74) is 0. The lowest BCUT2D eigenvalue weighted by molar-refractivity contribution is 0.137. The van der Waals surface area contributed by atoms with Gasteiger partial charge in [0.25, 0.3) is 0 Å². The van der Waals surface area contributed by atoms with Crippen LogP contribution in [0.25, 0.3) is 0 Å². The number of hydrogen-bond donors (Lipinski definition) is 1. The molecule has 0 aliphatic carbocycles. The number of nitrogens with zero attached hydrogens (tertiary/aromatic N) is 1. The van der Waals surface area contributed by atoms with Gasteiger partial charge in [0.2, 0.25) is 5.06 Å². The van der Waals surface area contributed by atoms with Gasteiger partial charge in [-0.15, -0.1) is 0 Å². The third-order valence-corrected chi connectivity index (χ3v) is 2.88. The van der Waals surface area contributed by atoms with Crippen LogP contribution in [0.15, 0.2) is 4.99 Å². The van der Waals surface area contributed by atoms with Crippen molar-refractivity contribution in [3.63, 3.8) is 0 Å². The molecule has 0 saturated carbocycles. The van der Waals surface area contributed by atoms with Crippen molar-refractivity contribution >= 4 is 18.0 Å². The predicted molar refractivity (Wildman–Crippen MR) is 50.0 cm³/mol. The smallest absolute Gasteiger partial charge is 0.204 e. The Morgan fingerprint density at radius 1 is 1.64 bits per heavy atom. The molecule has 1 N–H and O–H groups in total. The molecule has 1 heterocycles. The van der Waals surface area contributed by atoms with Gasteiger partial charge < -0.3 is 5.11 Å². The van der Waals surface area contributed by atoms with Crippen LogP contribution >= 0.6 is 11.8 Å². The van der Waals surface area contributed by atoms with E-state index in [2.05, 4.69) is 11.9 Å². The molecule has 11 heavy (non-hydrogen) atoms. The molecular formula is C8H15NOS. The summed E-state index contributed by atoms with van der Waals surface area (Å²) >= 11 is 1.53. The fourth-order valence-corrected chi connectivity index (χ4v) is 1.98. The highest BCUT2D eigenvalue weighted by Gasteiger charge is 2.27. The molecule has 1 aliphatic rings. The van der Waals surface area contributed by atoms with Gasteiger partial charge in [0.15, 0.2) is 0 Å². The molecule has 0 spiro atoms. The van der Waals surface area contributed by atoms with Crippen LogP contribution in [-0.2, 0) is 0 Å². The van der Waals surface area contributed by atoms with E-state index in [1.807, 2.05) is 0 Å². The first kappa shape index (κ1) is 9.07. The van der Waals surface area contributed by atoms with Gasteiger partial charge in [-0.1, -0.05) is 31.5 Å². The fraction of sp³-hybridized carbons (Fsp3) is 0.875. The maximum Gasteiger partial charge on any atom is 0.204 e. The SMILES string of the molecule is CCCCCC1(O)N=CCS1. The summed E-state index contributed by atoms with van der Waals surface area (Å²) in [6.45, 7) is 2.16. The van der Waals surface area contributed by atoms with Crippen molar-refractivity contribution in [3.8, 4) is 0 Å². The van der Waals surface area contributed by atoms with E-state index in [1.54, 1.807) is 6.21 Å². The molecular weight excluding hydrogens is 158 g/mol. The summed E-state index contributed by atoms with van der Waals surface area (Å²) < 4.78 is 0. The van der Waals surface area contributed by atoms with Crippen LogP contribution in [0, 0.1) is 0 Å². The van der Waals surface area contributed by atoms with E-state index in [-0.39, 0.29) is 0 Å². The minimum Gasteiger partial charge on any atom is -0.361 e. The molecule has 1 aliphatic heterocycles. The van der Waals surface area contributed by atoms with Gasteiger partial charge in [0.1, 0.15) is 0 Å². The second-order valence-electron chi connectivity index (χ2n) is 2.82. The van der Waals surface area contributed by atoms with Crippen molar-refractivity contribution < 1.29 is 5.11 Å². The molecule has 2 nitrogen and oxygen atoms in total. The largest absolute Gasteiger partial charge is 0.361 e. The summed E-state index contributed by atoms with van der Waals surface area (Å²) in [5.74, 6) is 0.864. The minimum atomic E-state index is -0.769. The van der Waals surface area contributed by atoms with E-state index in [1.165, 1.54) is 24.6 Å². The first-order valence-corrected chi connectivity index (χ1v) is 5.15. The average Bonchev–Trinajstić information content (AvgIpc) is 2.38. The summed E-state index contributed by atoms with van der Waals surface area (Å²) in [7, 11) is 0. The molecule has 0 aromatic rings. The number of aliphatic imine (C=N–C) groups is 1. The Labute approximate surface area is 72.1 Å². The third kappa shape index (κ3) is 2.83. The highest BCUT2D eigenvalue weighted by molar-refractivity contribution is 8.01. The molecule has 0 aromatic carbocycles. The standard InChI is InChI=1S/C8H15NOS/c1-2-3-4-5-8(10)9-6-7-11-8/h6,10H,2-5,7H2,1H3. The summed E-state index contributed by atoms with van der Waals surface area (Å²) in [6.07, 6.45) is 6.08. The molecule has 0 saturated heterocycles. The quantitative estimate of drug-likeness (QED) is 0.660. The molecule has 0 radical (unpaired) electrons. The lowest BCUT2D eigenvalue weighted by Gasteiger charge is -2.17. The van der Waals surface area contributed by atoms with Crippen LogP contribution in [-0.4, -0.2) is 22.1 Å². The van der Waals surface area contributed by atoms with Crippen LogP contribution in [0.1, 0.15) is 32.6 Å². The van der Waals surface area contributed by atoms with Crippen LogP contribution in [0.5, 0.6) is 0 Å². The average molecular weight is 173 g/mol. The fourth-order valence-electron chi connectivity index (χ4n) is 1.13. The summed E-state index contributed by atoms with van der Waals surface area (Å²) in [5, 5.41) is 8.91. The summed E-state index contributed by atoms with van der Waals surface area (Å²) in [6, 6.07) is 0. The van der Waals surface area contributed by atoms with E-state index in [0.717, 1.165) is 18.6 Å². The number of aliphatic hydroxyl groups is 1. The molecule has 64 valence electrons. The van der Waals surface area contributed by atoms with Gasteiger partial charge in [0, 0.05) is 18.4 Å². The molecule has 3 heteroatoms. The molecule has 1 atom stereocenters. The molecule has 0 amide bonds. The number of rotatable bonds is 4. The van der Waals surface area contributed by atoms with Gasteiger partial charge in [-0.3, -0.25) is 4.99 Å². The molecule has 0 fully saturated rings. The Bertz CT molecular complexity index is 149. The van der Waals surface area contributed by atoms with Crippen molar-refractivity contribution in [1.29, 1.82) is 0 Å². The topological polar surface area (TPSA) is 32.6 Å². The maximum absolute atomic E-state index is 9.68. The Morgan fingerprint density at radius 3 is 3.00 bits per heavy atom. The lowest BCUT2D eigenvalue weighted by Crippen LogP contribution is -2.17. The van der Waals surface area contributed by atoms with Crippen molar-refractivity contribution in [1.82, 2.24) is 0 Å². The Kier molecular flexibility index (Phi) is 3.40. The van der Waals surface area contributed by atoms with E-state index in [9.17, 15) is 5.11 Å². The first-order chi connectivity index (χ1) is 5.27. The van der Waals surface area contributed by atoms with Gasteiger partial charge in [0.05, 0.1) is 0 Å². The zero-order valence-electron chi connectivity index (χ0n) is 6.92. The third-order valence-electron chi connectivity index (χ3n) is 1.79. The van der Waals surface area contributed by atoms with Crippen LogP contribution in [0.4, 0.5) is 0 Å². The Balaban J connectivity index is 2.18. The predicted octanol–water partition coefficient (Wildman–Crippen LogP) is 2.03. The molecule has 0 bridgehead atoms.